The molecule has 0 atom stereocenters. The summed E-state index contributed by atoms with van der Waals surface area (Å²) < 4.78 is 0. The largest absolute Gasteiger partial charge is 0.289 e. The lowest BCUT2D eigenvalue weighted by Crippen LogP contribution is -2.01. The van der Waals surface area contributed by atoms with Gasteiger partial charge in [-0.2, -0.15) is 0 Å². The van der Waals surface area contributed by atoms with Crippen molar-refractivity contribution < 1.29 is 4.79 Å². The quantitative estimate of drug-likeness (QED) is 0.630. The van der Waals surface area contributed by atoms with Gasteiger partial charge in [-0.05, 0) is 46.9 Å². The third kappa shape index (κ3) is 1.67. The average Bonchev–Trinajstić information content (AvgIpc) is 2.92. The van der Waals surface area contributed by atoms with Crippen molar-refractivity contribution in [3.05, 3.63) is 82.9 Å². The van der Waals surface area contributed by atoms with Gasteiger partial charge in [-0.15, -0.1) is 0 Å². The third-order valence-corrected chi connectivity index (χ3v) is 4.11. The van der Waals surface area contributed by atoms with Crippen molar-refractivity contribution in [3.63, 3.8) is 0 Å². The molecule has 0 radical (unpaired) electrons. The molecule has 0 saturated heterocycles. The van der Waals surface area contributed by atoms with Crippen LogP contribution in [0, 0.1) is 0 Å². The normalized spacial score (nSPS) is 12.8. The van der Waals surface area contributed by atoms with E-state index in [4.69, 9.17) is 0 Å². The molecule has 0 heterocycles. The van der Waals surface area contributed by atoms with Crippen LogP contribution in [0.5, 0.6) is 0 Å². The number of rotatable bonds is 2. The molecule has 0 fully saturated rings. The van der Waals surface area contributed by atoms with Crippen molar-refractivity contribution in [2.24, 2.45) is 0 Å². The Morgan fingerprint density at radius 3 is 2.40 bits per heavy atom. The average molecular weight is 258 g/mol. The minimum atomic E-state index is 0.112. The Bertz CT molecular complexity index is 816. The van der Waals surface area contributed by atoms with Gasteiger partial charge in [0.2, 0.25) is 0 Å². The van der Waals surface area contributed by atoms with Crippen LogP contribution in [0.3, 0.4) is 0 Å². The fourth-order valence-corrected chi connectivity index (χ4v) is 3.16. The zero-order valence-corrected chi connectivity index (χ0v) is 11.1. The predicted molar refractivity (Wildman–Crippen MR) is 81.2 cm³/mol. The monoisotopic (exact) mass is 258 g/mol. The summed E-state index contributed by atoms with van der Waals surface area (Å²) in [6.45, 7) is 0. The van der Waals surface area contributed by atoms with Gasteiger partial charge in [0.1, 0.15) is 0 Å². The van der Waals surface area contributed by atoms with Crippen LogP contribution in [0.15, 0.2) is 60.7 Å². The molecule has 0 unspecified atom stereocenters. The zero-order valence-electron chi connectivity index (χ0n) is 11.1. The number of hydrogen-bond acceptors (Lipinski definition) is 1. The number of carbonyl (C=O) groups excluding carboxylic acids is 1. The van der Waals surface area contributed by atoms with Crippen molar-refractivity contribution in [2.45, 2.75) is 12.8 Å². The first-order valence-corrected chi connectivity index (χ1v) is 6.97. The first-order valence-electron chi connectivity index (χ1n) is 6.97. The van der Waals surface area contributed by atoms with Crippen LogP contribution in [0.2, 0.25) is 0 Å². The number of ketones is 1. The molecule has 0 aromatic heterocycles. The molecule has 0 aliphatic heterocycles. The SMILES string of the molecule is O=C(c1ccccc1)c1cc2c3c(cccc3c1)CC2. The molecule has 0 bridgehead atoms. The van der Waals surface area contributed by atoms with Crippen molar-refractivity contribution in [3.8, 4) is 0 Å². The van der Waals surface area contributed by atoms with E-state index in [0.717, 1.165) is 24.0 Å². The Morgan fingerprint density at radius 2 is 1.55 bits per heavy atom. The van der Waals surface area contributed by atoms with Crippen molar-refractivity contribution in [2.75, 3.05) is 0 Å². The van der Waals surface area contributed by atoms with E-state index in [1.807, 2.05) is 36.4 Å². The van der Waals surface area contributed by atoms with Crippen LogP contribution in [0.25, 0.3) is 10.8 Å². The number of aryl methyl sites for hydroxylation is 2. The van der Waals surface area contributed by atoms with E-state index >= 15 is 0 Å². The molecule has 1 heteroatoms. The van der Waals surface area contributed by atoms with Gasteiger partial charge >= 0.3 is 0 Å². The molecule has 0 N–H and O–H groups in total. The Kier molecular flexibility index (Phi) is 2.46. The summed E-state index contributed by atoms with van der Waals surface area (Å²) in [4.78, 5) is 12.6. The summed E-state index contributed by atoms with van der Waals surface area (Å²) >= 11 is 0. The number of carbonyl (C=O) groups is 1. The lowest BCUT2D eigenvalue weighted by Gasteiger charge is -2.06. The molecular weight excluding hydrogens is 244 g/mol. The van der Waals surface area contributed by atoms with Gasteiger partial charge in [-0.1, -0.05) is 48.5 Å². The molecule has 1 aliphatic carbocycles. The van der Waals surface area contributed by atoms with E-state index in [1.165, 1.54) is 21.9 Å². The second kappa shape index (κ2) is 4.31. The van der Waals surface area contributed by atoms with Crippen molar-refractivity contribution in [1.29, 1.82) is 0 Å². The van der Waals surface area contributed by atoms with Crippen molar-refractivity contribution in [1.82, 2.24) is 0 Å². The molecule has 0 saturated carbocycles. The smallest absolute Gasteiger partial charge is 0.193 e. The minimum absolute atomic E-state index is 0.112. The molecule has 4 rings (SSSR count). The summed E-state index contributed by atoms with van der Waals surface area (Å²) in [5, 5.41) is 2.55. The molecule has 3 aromatic rings. The second-order valence-electron chi connectivity index (χ2n) is 5.35. The van der Waals surface area contributed by atoms with Gasteiger partial charge in [0.15, 0.2) is 5.78 Å². The Labute approximate surface area is 117 Å². The highest BCUT2D eigenvalue weighted by Gasteiger charge is 2.17. The fraction of sp³-hybridized carbons (Fsp3) is 0.105. The molecule has 20 heavy (non-hydrogen) atoms. The van der Waals surface area contributed by atoms with E-state index in [0.29, 0.717) is 0 Å². The van der Waals surface area contributed by atoms with Gasteiger partial charge in [0.05, 0.1) is 0 Å². The maximum Gasteiger partial charge on any atom is 0.193 e. The second-order valence-corrected chi connectivity index (χ2v) is 5.35. The highest BCUT2D eigenvalue weighted by atomic mass is 16.1. The van der Waals surface area contributed by atoms with Gasteiger partial charge in [0, 0.05) is 11.1 Å². The Balaban J connectivity index is 1.89. The topological polar surface area (TPSA) is 17.1 Å². The molecule has 1 aliphatic rings. The molecule has 0 amide bonds. The third-order valence-electron chi connectivity index (χ3n) is 4.11. The molecule has 0 spiro atoms. The lowest BCUT2D eigenvalue weighted by atomic mass is 9.97. The Morgan fingerprint density at radius 1 is 0.750 bits per heavy atom. The lowest BCUT2D eigenvalue weighted by molar-refractivity contribution is 0.103. The molecular formula is C19H14O. The highest BCUT2D eigenvalue weighted by Crippen LogP contribution is 2.32. The standard InChI is InChI=1S/C19H14O/c20-19(14-5-2-1-3-6-14)17-11-15-8-4-7-13-9-10-16(12-17)18(13)15/h1-8,11-12H,9-10H2. The summed E-state index contributed by atoms with van der Waals surface area (Å²) in [5.74, 6) is 0.112. The first-order chi connectivity index (χ1) is 9.83. The molecule has 3 aromatic carbocycles. The summed E-state index contributed by atoms with van der Waals surface area (Å²) in [6, 6.07) is 20.0. The van der Waals surface area contributed by atoms with E-state index in [2.05, 4.69) is 24.3 Å². The zero-order chi connectivity index (χ0) is 13.5. The predicted octanol–water partition coefficient (Wildman–Crippen LogP) is 4.17. The highest BCUT2D eigenvalue weighted by molar-refractivity contribution is 6.11. The van der Waals surface area contributed by atoms with Crippen LogP contribution in [-0.4, -0.2) is 5.78 Å². The van der Waals surface area contributed by atoms with Gasteiger partial charge in [0.25, 0.3) is 0 Å². The van der Waals surface area contributed by atoms with Gasteiger partial charge < -0.3 is 0 Å². The summed E-state index contributed by atoms with van der Waals surface area (Å²) in [7, 11) is 0. The van der Waals surface area contributed by atoms with Crippen LogP contribution < -0.4 is 0 Å². The first kappa shape index (κ1) is 11.4. The van der Waals surface area contributed by atoms with E-state index < -0.39 is 0 Å². The minimum Gasteiger partial charge on any atom is -0.289 e. The van der Waals surface area contributed by atoms with Gasteiger partial charge in [-0.3, -0.25) is 4.79 Å². The number of benzene rings is 3. The summed E-state index contributed by atoms with van der Waals surface area (Å²) in [5.41, 5.74) is 4.29. The van der Waals surface area contributed by atoms with Crippen LogP contribution in [-0.2, 0) is 12.8 Å². The van der Waals surface area contributed by atoms with E-state index in [1.54, 1.807) is 0 Å². The number of hydrogen-bond donors (Lipinski definition) is 0. The Hall–Kier alpha value is -2.41. The van der Waals surface area contributed by atoms with Gasteiger partial charge in [-0.25, -0.2) is 0 Å². The fourth-order valence-electron chi connectivity index (χ4n) is 3.16. The molecule has 96 valence electrons. The van der Waals surface area contributed by atoms with Crippen LogP contribution >= 0.6 is 0 Å². The maximum atomic E-state index is 12.6. The van der Waals surface area contributed by atoms with E-state index in [9.17, 15) is 4.79 Å². The molecule has 1 nitrogen and oxygen atoms in total. The van der Waals surface area contributed by atoms with E-state index in [-0.39, 0.29) is 5.78 Å². The van der Waals surface area contributed by atoms with Crippen molar-refractivity contribution >= 4 is 16.6 Å². The summed E-state index contributed by atoms with van der Waals surface area (Å²) in [6.07, 6.45) is 2.14. The van der Waals surface area contributed by atoms with Crippen LogP contribution in [0.4, 0.5) is 0 Å². The van der Waals surface area contributed by atoms with Crippen LogP contribution in [0.1, 0.15) is 27.0 Å². The maximum absolute atomic E-state index is 12.6.